The Morgan fingerprint density at radius 1 is 1.35 bits per heavy atom. The molecule has 0 atom stereocenters. The molecule has 1 amide bonds. The van der Waals surface area contributed by atoms with Gasteiger partial charge in [0.25, 0.3) is 0 Å². The van der Waals surface area contributed by atoms with Gasteiger partial charge in [-0.2, -0.15) is 0 Å². The number of carbonyl (C=O) groups excluding carboxylic acids is 1. The molecule has 1 heterocycles. The molecule has 1 aliphatic carbocycles. The predicted molar refractivity (Wildman–Crippen MR) is 90.0 cm³/mol. The smallest absolute Gasteiger partial charge is 0.240 e. The molecule has 1 saturated carbocycles. The second kappa shape index (κ2) is 6.89. The Bertz CT molecular complexity index is 708. The lowest BCUT2D eigenvalue weighted by atomic mass is 9.82. The van der Waals surface area contributed by atoms with Gasteiger partial charge in [-0.3, -0.25) is 4.79 Å². The highest BCUT2D eigenvalue weighted by atomic mass is 35.5. The number of hydrogen-bond donors (Lipinski definition) is 2. The number of amides is 1. The molecule has 126 valence electrons. The van der Waals surface area contributed by atoms with Crippen LogP contribution in [-0.4, -0.2) is 11.4 Å². The number of fused-ring (bicyclic) bond motifs is 1. The Morgan fingerprint density at radius 3 is 2.74 bits per heavy atom. The minimum atomic E-state index is -0.760. The highest BCUT2D eigenvalue weighted by Gasteiger charge is 2.35. The van der Waals surface area contributed by atoms with Crippen LogP contribution in [0.2, 0.25) is 0 Å². The highest BCUT2D eigenvalue weighted by molar-refractivity contribution is 5.86. The molecule has 0 aliphatic heterocycles. The number of nitrogens with two attached hydrogens (primary N) is 1. The summed E-state index contributed by atoms with van der Waals surface area (Å²) >= 11 is 0. The minimum Gasteiger partial charge on any atom is -0.459 e. The monoisotopic (exact) mass is 340 g/mol. The van der Waals surface area contributed by atoms with Gasteiger partial charge in [0.2, 0.25) is 5.91 Å². The minimum absolute atomic E-state index is 0. The molecular weight excluding hydrogens is 319 g/mol. The summed E-state index contributed by atoms with van der Waals surface area (Å²) in [5, 5.41) is 3.61. The zero-order valence-electron chi connectivity index (χ0n) is 13.2. The number of carbonyl (C=O) groups is 1. The van der Waals surface area contributed by atoms with E-state index in [0.717, 1.165) is 43.1 Å². The third kappa shape index (κ3) is 3.51. The molecule has 3 rings (SSSR count). The van der Waals surface area contributed by atoms with Crippen LogP contribution in [-0.2, 0) is 11.3 Å². The maximum atomic E-state index is 13.3. The topological polar surface area (TPSA) is 68.3 Å². The number of nitrogens with one attached hydrogen (secondary N) is 1. The lowest BCUT2D eigenvalue weighted by Crippen LogP contribution is -2.54. The molecule has 2 aromatic rings. The fourth-order valence-corrected chi connectivity index (χ4v) is 3.16. The standard InChI is InChI=1S/C17H21FN2O2.ClH/c1-11-13-9-12(18)5-6-14(13)22-15(11)10-20-16(21)17(19)7-3-2-4-8-17;/h5-6,9H,2-4,7-8,10,19H2,1H3,(H,20,21);1H. The zero-order valence-corrected chi connectivity index (χ0v) is 14.0. The molecule has 0 radical (unpaired) electrons. The lowest BCUT2D eigenvalue weighted by Gasteiger charge is -2.31. The van der Waals surface area contributed by atoms with Gasteiger partial charge in [0.1, 0.15) is 17.2 Å². The Kier molecular flexibility index (Phi) is 5.32. The molecule has 0 spiro atoms. The van der Waals surface area contributed by atoms with E-state index in [9.17, 15) is 9.18 Å². The van der Waals surface area contributed by atoms with Crippen molar-refractivity contribution < 1.29 is 13.6 Å². The Morgan fingerprint density at radius 2 is 2.04 bits per heavy atom. The van der Waals surface area contributed by atoms with Gasteiger partial charge >= 0.3 is 0 Å². The van der Waals surface area contributed by atoms with Crippen LogP contribution >= 0.6 is 12.4 Å². The van der Waals surface area contributed by atoms with Gasteiger partial charge in [-0.25, -0.2) is 4.39 Å². The van der Waals surface area contributed by atoms with Gasteiger partial charge < -0.3 is 15.5 Å². The fourth-order valence-electron chi connectivity index (χ4n) is 3.16. The number of hydrogen-bond acceptors (Lipinski definition) is 3. The van der Waals surface area contributed by atoms with E-state index in [0.29, 0.717) is 11.3 Å². The average molecular weight is 341 g/mol. The van der Waals surface area contributed by atoms with Crippen molar-refractivity contribution in [1.29, 1.82) is 0 Å². The van der Waals surface area contributed by atoms with Gasteiger partial charge in [0, 0.05) is 10.9 Å². The van der Waals surface area contributed by atoms with E-state index >= 15 is 0 Å². The van der Waals surface area contributed by atoms with Crippen molar-refractivity contribution in [3.63, 3.8) is 0 Å². The average Bonchev–Trinajstić information content (AvgIpc) is 2.82. The van der Waals surface area contributed by atoms with Crippen molar-refractivity contribution in [2.24, 2.45) is 5.73 Å². The third-order valence-electron chi connectivity index (χ3n) is 4.60. The van der Waals surface area contributed by atoms with Crippen molar-refractivity contribution in [3.05, 3.63) is 35.3 Å². The van der Waals surface area contributed by atoms with Crippen molar-refractivity contribution in [2.45, 2.75) is 51.1 Å². The maximum absolute atomic E-state index is 13.3. The van der Waals surface area contributed by atoms with Gasteiger partial charge in [-0.05, 0) is 38.0 Å². The second-order valence-corrected chi connectivity index (χ2v) is 6.19. The van der Waals surface area contributed by atoms with Crippen LogP contribution in [0.15, 0.2) is 22.6 Å². The summed E-state index contributed by atoms with van der Waals surface area (Å²) in [6.07, 6.45) is 4.58. The summed E-state index contributed by atoms with van der Waals surface area (Å²) < 4.78 is 19.0. The highest BCUT2D eigenvalue weighted by Crippen LogP contribution is 2.28. The number of rotatable bonds is 3. The summed E-state index contributed by atoms with van der Waals surface area (Å²) in [5.74, 6) is 0.224. The molecule has 1 aliphatic rings. The number of furan rings is 1. The number of benzene rings is 1. The Hall–Kier alpha value is -1.59. The molecule has 3 N–H and O–H groups in total. The number of aryl methyl sites for hydroxylation is 1. The van der Waals surface area contributed by atoms with Crippen LogP contribution in [0.3, 0.4) is 0 Å². The van der Waals surface area contributed by atoms with E-state index in [4.69, 9.17) is 10.2 Å². The van der Waals surface area contributed by atoms with E-state index < -0.39 is 5.54 Å². The first-order chi connectivity index (χ1) is 10.5. The molecule has 23 heavy (non-hydrogen) atoms. The fraction of sp³-hybridized carbons (Fsp3) is 0.471. The van der Waals surface area contributed by atoms with Crippen molar-refractivity contribution in [1.82, 2.24) is 5.32 Å². The largest absolute Gasteiger partial charge is 0.459 e. The molecule has 0 unspecified atom stereocenters. The molecule has 0 bridgehead atoms. The van der Waals surface area contributed by atoms with Crippen LogP contribution in [0.5, 0.6) is 0 Å². The summed E-state index contributed by atoms with van der Waals surface area (Å²) in [6, 6.07) is 4.42. The van der Waals surface area contributed by atoms with Crippen molar-refractivity contribution in [3.8, 4) is 0 Å². The third-order valence-corrected chi connectivity index (χ3v) is 4.60. The second-order valence-electron chi connectivity index (χ2n) is 6.19. The van der Waals surface area contributed by atoms with Crippen LogP contribution < -0.4 is 11.1 Å². The number of halogens is 2. The van der Waals surface area contributed by atoms with E-state index in [1.807, 2.05) is 6.92 Å². The Labute approximate surface area is 141 Å². The van der Waals surface area contributed by atoms with E-state index in [2.05, 4.69) is 5.32 Å². The zero-order chi connectivity index (χ0) is 15.7. The molecule has 4 nitrogen and oxygen atoms in total. The van der Waals surface area contributed by atoms with Crippen molar-refractivity contribution in [2.75, 3.05) is 0 Å². The molecular formula is C17H22ClFN2O2. The summed E-state index contributed by atoms with van der Waals surface area (Å²) in [7, 11) is 0. The SMILES string of the molecule is Cc1c(CNC(=O)C2(N)CCCCC2)oc2ccc(F)cc12.Cl. The van der Waals surface area contributed by atoms with E-state index in [1.54, 1.807) is 6.07 Å². The summed E-state index contributed by atoms with van der Waals surface area (Å²) in [6.45, 7) is 2.14. The van der Waals surface area contributed by atoms with Gasteiger partial charge in [0.05, 0.1) is 12.1 Å². The van der Waals surface area contributed by atoms with Gasteiger partial charge in [-0.1, -0.05) is 19.3 Å². The first-order valence-corrected chi connectivity index (χ1v) is 7.74. The molecule has 0 saturated heterocycles. The summed E-state index contributed by atoms with van der Waals surface area (Å²) in [4.78, 5) is 12.3. The first kappa shape index (κ1) is 17.8. The molecule has 1 aromatic heterocycles. The van der Waals surface area contributed by atoms with Crippen LogP contribution in [0.1, 0.15) is 43.4 Å². The van der Waals surface area contributed by atoms with Gasteiger partial charge in [0.15, 0.2) is 0 Å². The quantitative estimate of drug-likeness (QED) is 0.897. The van der Waals surface area contributed by atoms with Crippen molar-refractivity contribution >= 4 is 29.3 Å². The first-order valence-electron chi connectivity index (χ1n) is 7.74. The van der Waals surface area contributed by atoms with E-state index in [1.165, 1.54) is 12.1 Å². The van der Waals surface area contributed by atoms with Gasteiger partial charge in [-0.15, -0.1) is 12.4 Å². The van der Waals surface area contributed by atoms with E-state index in [-0.39, 0.29) is 30.7 Å². The summed E-state index contributed by atoms with van der Waals surface area (Å²) in [5.41, 5.74) is 6.93. The Balaban J connectivity index is 0.00000192. The van der Waals surface area contributed by atoms with Crippen LogP contribution in [0.25, 0.3) is 11.0 Å². The van der Waals surface area contributed by atoms with Crippen LogP contribution in [0, 0.1) is 12.7 Å². The predicted octanol–water partition coefficient (Wildman–Crippen LogP) is 3.58. The molecule has 6 heteroatoms. The van der Waals surface area contributed by atoms with Crippen LogP contribution in [0.4, 0.5) is 4.39 Å². The lowest BCUT2D eigenvalue weighted by molar-refractivity contribution is -0.127. The maximum Gasteiger partial charge on any atom is 0.240 e. The normalized spacial score (nSPS) is 16.8. The molecule has 1 aromatic carbocycles. The molecule has 1 fully saturated rings.